The molecule has 1 aliphatic heterocycles. The van der Waals surface area contributed by atoms with Crippen LogP contribution in [0.2, 0.25) is 10.0 Å². The fourth-order valence-electron chi connectivity index (χ4n) is 1.84. The van der Waals surface area contributed by atoms with Crippen LogP contribution in [-0.4, -0.2) is 24.9 Å². The van der Waals surface area contributed by atoms with Gasteiger partial charge in [-0.2, -0.15) is 0 Å². The van der Waals surface area contributed by atoms with Crippen molar-refractivity contribution in [1.82, 2.24) is 4.90 Å². The van der Waals surface area contributed by atoms with Gasteiger partial charge in [-0.3, -0.25) is 9.69 Å². The smallest absolute Gasteiger partial charge is 0.280 e. The van der Waals surface area contributed by atoms with Crippen molar-refractivity contribution >= 4 is 46.4 Å². The number of amides is 1. The summed E-state index contributed by atoms with van der Waals surface area (Å²) in [6.07, 6.45) is 0. The Bertz CT molecular complexity index is 608. The molecule has 0 aromatic heterocycles. The lowest BCUT2D eigenvalue weighted by Crippen LogP contribution is -2.29. The highest BCUT2D eigenvalue weighted by molar-refractivity contribution is 6.42. The van der Waals surface area contributed by atoms with E-state index in [-0.39, 0.29) is 5.91 Å². The van der Waals surface area contributed by atoms with Gasteiger partial charge in [0.25, 0.3) is 5.91 Å². The second-order valence-electron chi connectivity index (χ2n) is 4.24. The number of hydrogen-bond acceptors (Lipinski definition) is 2. The topological polar surface area (TPSA) is 23.6 Å². The lowest BCUT2D eigenvalue weighted by molar-refractivity contribution is -0.115. The van der Waals surface area contributed by atoms with Gasteiger partial charge in [0.2, 0.25) is 0 Å². The summed E-state index contributed by atoms with van der Waals surface area (Å²) < 4.78 is 0. The summed E-state index contributed by atoms with van der Waals surface area (Å²) >= 11 is 18.0. The van der Waals surface area contributed by atoms with Crippen molar-refractivity contribution in [1.29, 1.82) is 0 Å². The lowest BCUT2D eigenvalue weighted by atomic mass is 10.3. The highest BCUT2D eigenvalue weighted by Gasteiger charge is 2.35. The maximum atomic E-state index is 12.4. The molecular formula is C13H11Cl3N2O. The van der Waals surface area contributed by atoms with Crippen LogP contribution in [0.5, 0.6) is 0 Å². The fourth-order valence-corrected chi connectivity index (χ4v) is 2.47. The van der Waals surface area contributed by atoms with E-state index in [2.05, 4.69) is 6.58 Å². The Morgan fingerprint density at radius 3 is 2.26 bits per heavy atom. The van der Waals surface area contributed by atoms with E-state index in [9.17, 15) is 4.79 Å². The summed E-state index contributed by atoms with van der Waals surface area (Å²) in [7, 11) is 3.50. The molecule has 6 heteroatoms. The first-order chi connectivity index (χ1) is 8.84. The molecule has 0 N–H and O–H groups in total. The molecule has 0 saturated heterocycles. The Morgan fingerprint density at radius 2 is 1.79 bits per heavy atom. The van der Waals surface area contributed by atoms with Crippen molar-refractivity contribution in [3.8, 4) is 0 Å². The third-order valence-corrected chi connectivity index (χ3v) is 3.88. The number of anilines is 1. The highest BCUT2D eigenvalue weighted by Crippen LogP contribution is 2.37. The Balaban J connectivity index is 2.46. The van der Waals surface area contributed by atoms with Gasteiger partial charge in [-0.1, -0.05) is 41.4 Å². The standard InChI is InChI=1S/C13H11Cl3N2O/c1-7-11(16)12(17(2)3)13(19)18(7)8-4-5-9(14)10(15)6-8/h4-6H,1H2,2-3H3. The van der Waals surface area contributed by atoms with Crippen molar-refractivity contribution in [2.75, 3.05) is 19.0 Å². The Hall–Kier alpha value is -1.16. The Labute approximate surface area is 126 Å². The molecular weight excluding hydrogens is 307 g/mol. The second kappa shape index (κ2) is 5.08. The summed E-state index contributed by atoms with van der Waals surface area (Å²) in [4.78, 5) is 15.4. The van der Waals surface area contributed by atoms with Crippen molar-refractivity contribution < 1.29 is 4.79 Å². The van der Waals surface area contributed by atoms with E-state index in [0.717, 1.165) is 0 Å². The van der Waals surface area contributed by atoms with Crippen LogP contribution in [0.1, 0.15) is 0 Å². The number of halogens is 3. The average Bonchev–Trinajstić information content (AvgIpc) is 2.54. The predicted molar refractivity (Wildman–Crippen MR) is 79.7 cm³/mol. The first-order valence-corrected chi connectivity index (χ1v) is 6.54. The summed E-state index contributed by atoms with van der Waals surface area (Å²) in [6.45, 7) is 3.84. The van der Waals surface area contributed by atoms with Gasteiger partial charge >= 0.3 is 0 Å². The van der Waals surface area contributed by atoms with Crippen LogP contribution in [-0.2, 0) is 4.79 Å². The number of carbonyl (C=O) groups excluding carboxylic acids is 1. The molecule has 0 spiro atoms. The first kappa shape index (κ1) is 14.3. The quantitative estimate of drug-likeness (QED) is 0.827. The third kappa shape index (κ3) is 2.34. The molecule has 0 atom stereocenters. The van der Waals surface area contributed by atoms with Crippen molar-refractivity contribution in [3.05, 3.63) is 51.2 Å². The minimum atomic E-state index is -0.238. The molecule has 0 fully saturated rings. The molecule has 0 aliphatic carbocycles. The van der Waals surface area contributed by atoms with E-state index in [1.807, 2.05) is 0 Å². The number of benzene rings is 1. The molecule has 3 nitrogen and oxygen atoms in total. The molecule has 1 heterocycles. The molecule has 0 radical (unpaired) electrons. The van der Waals surface area contributed by atoms with Gasteiger partial charge < -0.3 is 4.90 Å². The molecule has 19 heavy (non-hydrogen) atoms. The maximum Gasteiger partial charge on any atom is 0.280 e. The summed E-state index contributed by atoms with van der Waals surface area (Å²) in [5, 5.41) is 1.13. The highest BCUT2D eigenvalue weighted by atomic mass is 35.5. The SMILES string of the molecule is C=C1C(Cl)=C(N(C)C)C(=O)N1c1ccc(Cl)c(Cl)c1. The maximum absolute atomic E-state index is 12.4. The van der Waals surface area contributed by atoms with Crippen LogP contribution in [0, 0.1) is 0 Å². The number of allylic oxidation sites excluding steroid dienone is 1. The van der Waals surface area contributed by atoms with Gasteiger partial charge in [0.05, 0.1) is 26.5 Å². The van der Waals surface area contributed by atoms with Gasteiger partial charge in [-0.15, -0.1) is 0 Å². The van der Waals surface area contributed by atoms with Gasteiger partial charge in [0, 0.05) is 14.1 Å². The normalized spacial score (nSPS) is 15.5. The summed E-state index contributed by atoms with van der Waals surface area (Å²) in [5.74, 6) is -0.238. The van der Waals surface area contributed by atoms with E-state index in [0.29, 0.717) is 32.2 Å². The van der Waals surface area contributed by atoms with Gasteiger partial charge in [0.15, 0.2) is 0 Å². The van der Waals surface area contributed by atoms with Crippen molar-refractivity contribution in [2.45, 2.75) is 0 Å². The molecule has 1 aromatic rings. The molecule has 1 aliphatic rings. The summed E-state index contributed by atoms with van der Waals surface area (Å²) in [5.41, 5.74) is 1.41. The Kier molecular flexibility index (Phi) is 3.81. The molecule has 0 unspecified atom stereocenters. The molecule has 0 bridgehead atoms. The predicted octanol–water partition coefficient (Wildman–Crippen LogP) is 3.87. The van der Waals surface area contributed by atoms with Crippen LogP contribution in [0.3, 0.4) is 0 Å². The number of carbonyl (C=O) groups is 1. The van der Waals surface area contributed by atoms with Crippen LogP contribution in [0.15, 0.2) is 41.2 Å². The van der Waals surface area contributed by atoms with Crippen LogP contribution < -0.4 is 4.90 Å². The zero-order valence-corrected chi connectivity index (χ0v) is 12.6. The van der Waals surface area contributed by atoms with Gasteiger partial charge in [-0.25, -0.2) is 0 Å². The number of rotatable bonds is 2. The first-order valence-electron chi connectivity index (χ1n) is 5.40. The van der Waals surface area contributed by atoms with Gasteiger partial charge in [0.1, 0.15) is 5.70 Å². The van der Waals surface area contributed by atoms with E-state index in [1.165, 1.54) is 4.90 Å². The van der Waals surface area contributed by atoms with Crippen molar-refractivity contribution in [3.63, 3.8) is 0 Å². The molecule has 0 saturated carbocycles. The van der Waals surface area contributed by atoms with E-state index in [1.54, 1.807) is 37.2 Å². The zero-order chi connectivity index (χ0) is 14.3. The molecule has 1 aromatic carbocycles. The monoisotopic (exact) mass is 316 g/mol. The second-order valence-corrected chi connectivity index (χ2v) is 5.44. The molecule has 100 valence electrons. The molecule has 1 amide bonds. The van der Waals surface area contributed by atoms with Crippen LogP contribution in [0.4, 0.5) is 5.69 Å². The largest absolute Gasteiger partial charge is 0.372 e. The Morgan fingerprint density at radius 1 is 1.16 bits per heavy atom. The number of hydrogen-bond donors (Lipinski definition) is 0. The summed E-state index contributed by atoms with van der Waals surface area (Å²) in [6, 6.07) is 4.93. The number of likely N-dealkylation sites (N-methyl/N-ethyl adjacent to an activating group) is 1. The fraction of sp³-hybridized carbons (Fsp3) is 0.154. The third-order valence-electron chi connectivity index (χ3n) is 2.75. The lowest BCUT2D eigenvalue weighted by Gasteiger charge is -2.19. The van der Waals surface area contributed by atoms with Crippen LogP contribution >= 0.6 is 34.8 Å². The number of nitrogens with zero attached hydrogens (tertiary/aromatic N) is 2. The van der Waals surface area contributed by atoms with E-state index >= 15 is 0 Å². The van der Waals surface area contributed by atoms with E-state index in [4.69, 9.17) is 34.8 Å². The van der Waals surface area contributed by atoms with Crippen LogP contribution in [0.25, 0.3) is 0 Å². The van der Waals surface area contributed by atoms with Crippen molar-refractivity contribution in [2.24, 2.45) is 0 Å². The average molecular weight is 318 g/mol. The van der Waals surface area contributed by atoms with Gasteiger partial charge in [-0.05, 0) is 18.2 Å². The molecule has 2 rings (SSSR count). The minimum absolute atomic E-state index is 0.238. The zero-order valence-electron chi connectivity index (χ0n) is 10.4. The van der Waals surface area contributed by atoms with E-state index < -0.39 is 0 Å². The minimum Gasteiger partial charge on any atom is -0.372 e.